The van der Waals surface area contributed by atoms with Crippen molar-refractivity contribution in [3.63, 3.8) is 0 Å². The predicted molar refractivity (Wildman–Crippen MR) is 99.5 cm³/mol. The number of benzene rings is 2. The number of carboxylic acid groups (broad SMARTS) is 1. The van der Waals surface area contributed by atoms with Gasteiger partial charge in [-0.1, -0.05) is 48.2 Å². The van der Waals surface area contributed by atoms with E-state index in [0.29, 0.717) is 16.7 Å². The molecule has 2 aromatic heterocycles. The number of aromatic nitrogens is 3. The van der Waals surface area contributed by atoms with Gasteiger partial charge in [-0.25, -0.2) is 0 Å². The Morgan fingerprint density at radius 1 is 1.12 bits per heavy atom. The maximum absolute atomic E-state index is 11.2. The first-order chi connectivity index (χ1) is 12.6. The van der Waals surface area contributed by atoms with Crippen molar-refractivity contribution in [3.8, 4) is 17.3 Å². The van der Waals surface area contributed by atoms with Gasteiger partial charge in [0.2, 0.25) is 5.82 Å². The van der Waals surface area contributed by atoms with Crippen LogP contribution in [0.2, 0.25) is 0 Å². The number of aliphatic carboxylic acids is 1. The summed E-state index contributed by atoms with van der Waals surface area (Å²) in [5.41, 5.74) is 1.60. The number of carboxylic acids is 1. The van der Waals surface area contributed by atoms with Crippen LogP contribution in [-0.2, 0) is 4.79 Å². The maximum atomic E-state index is 11.2. The van der Waals surface area contributed by atoms with Gasteiger partial charge in [0.25, 0.3) is 0 Å². The molecular weight excluding hydrogens is 350 g/mol. The van der Waals surface area contributed by atoms with Crippen molar-refractivity contribution >= 4 is 28.7 Å². The van der Waals surface area contributed by atoms with E-state index in [1.54, 1.807) is 6.92 Å². The molecule has 0 spiro atoms. The number of hydrogen-bond acceptors (Lipinski definition) is 5. The molecule has 0 amide bonds. The summed E-state index contributed by atoms with van der Waals surface area (Å²) in [5.74, 6) is 0.216. The molecule has 0 saturated heterocycles. The van der Waals surface area contributed by atoms with Crippen molar-refractivity contribution in [2.75, 3.05) is 0 Å². The molecule has 2 aromatic carbocycles. The fraction of sp³-hybridized carbons (Fsp3) is 0.105. The third-order valence-electron chi connectivity index (χ3n) is 3.92. The van der Waals surface area contributed by atoms with E-state index >= 15 is 0 Å². The number of thioether (sulfide) groups is 1. The quantitative estimate of drug-likeness (QED) is 0.533. The van der Waals surface area contributed by atoms with Gasteiger partial charge in [0.05, 0.1) is 0 Å². The second kappa shape index (κ2) is 6.68. The minimum Gasteiger partial charge on any atom is -0.480 e. The summed E-state index contributed by atoms with van der Waals surface area (Å²) in [6, 6.07) is 19.2. The van der Waals surface area contributed by atoms with Crippen LogP contribution in [0.15, 0.2) is 70.2 Å². The second-order valence-electron chi connectivity index (χ2n) is 5.72. The van der Waals surface area contributed by atoms with Gasteiger partial charge < -0.3 is 9.52 Å². The highest BCUT2D eigenvalue weighted by Crippen LogP contribution is 2.32. The molecule has 0 aliphatic heterocycles. The summed E-state index contributed by atoms with van der Waals surface area (Å²) in [7, 11) is 0. The lowest BCUT2D eigenvalue weighted by atomic mass is 10.2. The maximum Gasteiger partial charge on any atom is 0.316 e. The van der Waals surface area contributed by atoms with Crippen LogP contribution in [0.5, 0.6) is 0 Å². The van der Waals surface area contributed by atoms with Crippen LogP contribution >= 0.6 is 11.8 Å². The van der Waals surface area contributed by atoms with Crippen LogP contribution < -0.4 is 0 Å². The van der Waals surface area contributed by atoms with E-state index in [9.17, 15) is 9.90 Å². The fourth-order valence-electron chi connectivity index (χ4n) is 2.62. The molecule has 26 heavy (non-hydrogen) atoms. The molecule has 0 radical (unpaired) electrons. The molecule has 1 atom stereocenters. The predicted octanol–water partition coefficient (Wildman–Crippen LogP) is 4.25. The summed E-state index contributed by atoms with van der Waals surface area (Å²) in [6.45, 7) is 1.62. The Morgan fingerprint density at radius 2 is 1.85 bits per heavy atom. The number of para-hydroxylation sites is 2. The lowest BCUT2D eigenvalue weighted by Gasteiger charge is -2.10. The average molecular weight is 365 g/mol. The Kier molecular flexibility index (Phi) is 4.22. The molecule has 6 nitrogen and oxygen atoms in total. The van der Waals surface area contributed by atoms with E-state index in [-0.39, 0.29) is 0 Å². The molecule has 0 aliphatic rings. The first kappa shape index (κ1) is 16.4. The lowest BCUT2D eigenvalue weighted by molar-refractivity contribution is -0.136. The number of rotatable bonds is 5. The lowest BCUT2D eigenvalue weighted by Crippen LogP contribution is -2.12. The second-order valence-corrected chi connectivity index (χ2v) is 7.03. The minimum absolute atomic E-state index is 0.501. The molecule has 0 unspecified atom stereocenters. The first-order valence-electron chi connectivity index (χ1n) is 8.03. The van der Waals surface area contributed by atoms with E-state index in [1.165, 1.54) is 0 Å². The summed E-state index contributed by atoms with van der Waals surface area (Å²) < 4.78 is 7.75. The molecule has 7 heteroatoms. The zero-order valence-corrected chi connectivity index (χ0v) is 14.7. The van der Waals surface area contributed by atoms with Crippen molar-refractivity contribution < 1.29 is 14.3 Å². The van der Waals surface area contributed by atoms with Gasteiger partial charge in [-0.05, 0) is 31.2 Å². The van der Waals surface area contributed by atoms with Gasteiger partial charge in [0, 0.05) is 11.1 Å². The third kappa shape index (κ3) is 2.97. The fourth-order valence-corrected chi connectivity index (χ4v) is 3.42. The monoisotopic (exact) mass is 365 g/mol. The Hall–Kier alpha value is -3.06. The molecule has 1 N–H and O–H groups in total. The molecule has 0 aliphatic carbocycles. The van der Waals surface area contributed by atoms with E-state index in [2.05, 4.69) is 10.2 Å². The van der Waals surface area contributed by atoms with Crippen molar-refractivity contribution in [2.24, 2.45) is 0 Å². The summed E-state index contributed by atoms with van der Waals surface area (Å²) in [5, 5.41) is 18.5. The van der Waals surface area contributed by atoms with Crippen molar-refractivity contribution in [3.05, 3.63) is 60.7 Å². The zero-order valence-electron chi connectivity index (χ0n) is 13.9. The van der Waals surface area contributed by atoms with Gasteiger partial charge in [0.15, 0.2) is 10.9 Å². The average Bonchev–Trinajstić information content (AvgIpc) is 3.26. The molecule has 130 valence electrons. The smallest absolute Gasteiger partial charge is 0.316 e. The standard InChI is InChI=1S/C19H15N3O3S/c1-12(18(23)24)26-19-21-20-17(22(19)14-8-3-2-4-9-14)16-11-13-7-5-6-10-15(13)25-16/h2-12H,1H3,(H,23,24)/t12-/m0/s1. The van der Waals surface area contributed by atoms with Crippen LogP contribution in [-0.4, -0.2) is 31.1 Å². The van der Waals surface area contributed by atoms with Gasteiger partial charge in [-0.2, -0.15) is 0 Å². The molecule has 0 bridgehead atoms. The Balaban J connectivity index is 1.86. The Labute approximate surface area is 153 Å². The van der Waals surface area contributed by atoms with Crippen LogP contribution in [0.25, 0.3) is 28.2 Å². The van der Waals surface area contributed by atoms with Crippen LogP contribution in [0, 0.1) is 0 Å². The number of nitrogens with zero attached hydrogens (tertiary/aromatic N) is 3. The van der Waals surface area contributed by atoms with Gasteiger partial charge in [-0.3, -0.25) is 9.36 Å². The van der Waals surface area contributed by atoms with Crippen LogP contribution in [0.1, 0.15) is 6.92 Å². The third-order valence-corrected chi connectivity index (χ3v) is 4.95. The number of hydrogen-bond donors (Lipinski definition) is 1. The molecule has 4 aromatic rings. The molecule has 0 saturated carbocycles. The highest BCUT2D eigenvalue weighted by molar-refractivity contribution is 8.00. The van der Waals surface area contributed by atoms with E-state index in [0.717, 1.165) is 28.4 Å². The van der Waals surface area contributed by atoms with Crippen molar-refractivity contribution in [1.82, 2.24) is 14.8 Å². The first-order valence-corrected chi connectivity index (χ1v) is 8.90. The van der Waals surface area contributed by atoms with Crippen LogP contribution in [0.3, 0.4) is 0 Å². The minimum atomic E-state index is -0.900. The SMILES string of the molecule is C[C@H](Sc1nnc(-c2cc3ccccc3o2)n1-c1ccccc1)C(=O)O. The number of fused-ring (bicyclic) bond motifs is 1. The van der Waals surface area contributed by atoms with E-state index in [4.69, 9.17) is 4.42 Å². The summed E-state index contributed by atoms with van der Waals surface area (Å²) in [4.78, 5) is 11.2. The molecule has 2 heterocycles. The highest BCUT2D eigenvalue weighted by Gasteiger charge is 2.23. The Bertz CT molecular complexity index is 1040. The van der Waals surface area contributed by atoms with Crippen molar-refractivity contribution in [2.45, 2.75) is 17.3 Å². The zero-order chi connectivity index (χ0) is 18.1. The highest BCUT2D eigenvalue weighted by atomic mass is 32.2. The molecule has 0 fully saturated rings. The molecular formula is C19H15N3O3S. The number of carbonyl (C=O) groups is 1. The molecule has 4 rings (SSSR count). The topological polar surface area (TPSA) is 81.2 Å². The van der Waals surface area contributed by atoms with E-state index < -0.39 is 11.2 Å². The Morgan fingerprint density at radius 3 is 2.58 bits per heavy atom. The largest absolute Gasteiger partial charge is 0.480 e. The van der Waals surface area contributed by atoms with Gasteiger partial charge in [-0.15, -0.1) is 10.2 Å². The van der Waals surface area contributed by atoms with E-state index in [1.807, 2.05) is 65.2 Å². The number of furan rings is 1. The normalized spacial score (nSPS) is 12.3. The van der Waals surface area contributed by atoms with Crippen molar-refractivity contribution in [1.29, 1.82) is 0 Å². The van der Waals surface area contributed by atoms with Gasteiger partial charge >= 0.3 is 5.97 Å². The summed E-state index contributed by atoms with van der Waals surface area (Å²) >= 11 is 1.14. The van der Waals surface area contributed by atoms with Crippen LogP contribution in [0.4, 0.5) is 0 Å². The van der Waals surface area contributed by atoms with Gasteiger partial charge in [0.1, 0.15) is 10.8 Å². The summed E-state index contributed by atoms with van der Waals surface area (Å²) in [6.07, 6.45) is 0.